The highest BCUT2D eigenvalue weighted by Crippen LogP contribution is 2.31. The molecule has 0 aliphatic carbocycles. The number of carbonyl (C=O) groups excluding carboxylic acids is 2. The summed E-state index contributed by atoms with van der Waals surface area (Å²) in [6, 6.07) is 10.9. The number of thioether (sulfide) groups is 1. The first kappa shape index (κ1) is 19.4. The molecule has 3 rings (SSSR count). The summed E-state index contributed by atoms with van der Waals surface area (Å²) in [7, 11) is 1.61. The average Bonchev–Trinajstić information content (AvgIpc) is 2.88. The molecule has 5 nitrogen and oxygen atoms in total. The lowest BCUT2D eigenvalue weighted by atomic mass is 10.2. The van der Waals surface area contributed by atoms with Gasteiger partial charge in [-0.1, -0.05) is 29.4 Å². The van der Waals surface area contributed by atoms with Crippen molar-refractivity contribution in [2.45, 2.75) is 18.6 Å². The van der Waals surface area contributed by atoms with E-state index >= 15 is 0 Å². The van der Waals surface area contributed by atoms with Crippen LogP contribution in [0.25, 0.3) is 0 Å². The van der Waals surface area contributed by atoms with E-state index in [1.54, 1.807) is 19.2 Å². The molecule has 1 atom stereocenters. The van der Waals surface area contributed by atoms with Gasteiger partial charge in [-0.05, 0) is 48.9 Å². The molecule has 0 spiro atoms. The van der Waals surface area contributed by atoms with E-state index < -0.39 is 5.25 Å². The number of benzene rings is 2. The number of rotatable bonds is 4. The topological polar surface area (TPSA) is 61.8 Å². The van der Waals surface area contributed by atoms with Crippen LogP contribution in [-0.4, -0.2) is 34.2 Å². The van der Waals surface area contributed by atoms with Gasteiger partial charge >= 0.3 is 0 Å². The van der Waals surface area contributed by atoms with Crippen LogP contribution in [-0.2, 0) is 9.59 Å². The zero-order valence-electron chi connectivity index (χ0n) is 14.7. The largest absolute Gasteiger partial charge is 0.326 e. The summed E-state index contributed by atoms with van der Waals surface area (Å²) in [6.45, 7) is 1.86. The van der Waals surface area contributed by atoms with Gasteiger partial charge in [0.1, 0.15) is 11.1 Å². The van der Waals surface area contributed by atoms with Crippen LogP contribution < -0.4 is 5.32 Å². The molecule has 2 aromatic carbocycles. The Morgan fingerprint density at radius 1 is 1.30 bits per heavy atom. The Bertz CT molecular complexity index is 918. The maximum Gasteiger partial charge on any atom is 0.242 e. The van der Waals surface area contributed by atoms with Gasteiger partial charge in [0, 0.05) is 24.2 Å². The Morgan fingerprint density at radius 3 is 2.70 bits per heavy atom. The molecule has 2 aromatic rings. The van der Waals surface area contributed by atoms with E-state index in [0.29, 0.717) is 21.6 Å². The fourth-order valence-corrected chi connectivity index (χ4v) is 3.85. The summed E-state index contributed by atoms with van der Waals surface area (Å²) in [5.74, 6) is -0.824. The van der Waals surface area contributed by atoms with Gasteiger partial charge in [-0.2, -0.15) is 0 Å². The standard InChI is InChI=1S/C19H17ClFN3O2S/c1-11-3-4-12(20)9-15(11)23-17(25)10-16-18(26)24(2)19(27-16)22-14-7-5-13(21)6-8-14/h3-9,16H,10H2,1-2H3,(H,23,25). The number of aliphatic imine (C=N–C) groups is 1. The van der Waals surface area contributed by atoms with E-state index in [9.17, 15) is 14.0 Å². The van der Waals surface area contributed by atoms with Crippen molar-refractivity contribution in [2.24, 2.45) is 4.99 Å². The van der Waals surface area contributed by atoms with E-state index in [2.05, 4.69) is 10.3 Å². The molecular weight excluding hydrogens is 389 g/mol. The third-order valence-electron chi connectivity index (χ3n) is 4.04. The van der Waals surface area contributed by atoms with Gasteiger partial charge in [0.15, 0.2) is 5.17 Å². The molecule has 2 amide bonds. The summed E-state index contributed by atoms with van der Waals surface area (Å²) in [5.41, 5.74) is 2.04. The average molecular weight is 406 g/mol. The second-order valence-electron chi connectivity index (χ2n) is 6.09. The van der Waals surface area contributed by atoms with E-state index in [4.69, 9.17) is 11.6 Å². The molecule has 1 saturated heterocycles. The summed E-state index contributed by atoms with van der Waals surface area (Å²) in [4.78, 5) is 30.6. The Hall–Kier alpha value is -2.38. The maximum atomic E-state index is 13.0. The third-order valence-corrected chi connectivity index (χ3v) is 5.50. The molecule has 1 aliphatic heterocycles. The van der Waals surface area contributed by atoms with E-state index in [-0.39, 0.29) is 24.1 Å². The van der Waals surface area contributed by atoms with E-state index in [1.807, 2.05) is 13.0 Å². The van der Waals surface area contributed by atoms with Gasteiger partial charge in [0.25, 0.3) is 0 Å². The SMILES string of the molecule is Cc1ccc(Cl)cc1NC(=O)CC1SC(=Nc2ccc(F)cc2)N(C)C1=O. The van der Waals surface area contributed by atoms with Crippen molar-refractivity contribution in [3.05, 3.63) is 58.9 Å². The van der Waals surface area contributed by atoms with Crippen molar-refractivity contribution in [3.8, 4) is 0 Å². The number of aryl methyl sites for hydroxylation is 1. The van der Waals surface area contributed by atoms with E-state index in [0.717, 1.165) is 5.56 Å². The number of nitrogens with one attached hydrogen (secondary N) is 1. The van der Waals surface area contributed by atoms with Crippen LogP contribution in [0.4, 0.5) is 15.8 Å². The molecule has 0 saturated carbocycles. The van der Waals surface area contributed by atoms with Gasteiger partial charge in [0.2, 0.25) is 11.8 Å². The van der Waals surface area contributed by atoms with E-state index in [1.165, 1.54) is 40.9 Å². The van der Waals surface area contributed by atoms with Crippen molar-refractivity contribution in [2.75, 3.05) is 12.4 Å². The predicted octanol–water partition coefficient (Wildman–Crippen LogP) is 4.38. The number of hydrogen-bond acceptors (Lipinski definition) is 4. The third kappa shape index (κ3) is 4.67. The van der Waals surface area contributed by atoms with Crippen molar-refractivity contribution in [1.82, 2.24) is 4.90 Å². The van der Waals surface area contributed by atoms with Gasteiger partial charge < -0.3 is 5.32 Å². The van der Waals surface area contributed by atoms with Crippen LogP contribution >= 0.6 is 23.4 Å². The number of anilines is 1. The number of amidine groups is 1. The van der Waals surface area contributed by atoms with Crippen molar-refractivity contribution >= 4 is 51.7 Å². The quantitative estimate of drug-likeness (QED) is 0.821. The minimum absolute atomic E-state index is 0.0161. The number of amides is 2. The van der Waals surface area contributed by atoms with Crippen LogP contribution in [0.15, 0.2) is 47.5 Å². The molecule has 0 radical (unpaired) electrons. The van der Waals surface area contributed by atoms with Crippen molar-refractivity contribution < 1.29 is 14.0 Å². The fourth-order valence-electron chi connectivity index (χ4n) is 2.52. The molecule has 1 unspecified atom stereocenters. The second-order valence-corrected chi connectivity index (χ2v) is 7.69. The smallest absolute Gasteiger partial charge is 0.242 e. The number of carbonyl (C=O) groups is 2. The molecule has 1 N–H and O–H groups in total. The Balaban J connectivity index is 1.68. The summed E-state index contributed by atoms with van der Waals surface area (Å²) >= 11 is 7.18. The zero-order valence-corrected chi connectivity index (χ0v) is 16.3. The van der Waals surface area contributed by atoms with Crippen molar-refractivity contribution in [3.63, 3.8) is 0 Å². The molecular formula is C19H17ClFN3O2S. The van der Waals surface area contributed by atoms with Crippen LogP contribution in [0, 0.1) is 12.7 Å². The highest BCUT2D eigenvalue weighted by Gasteiger charge is 2.37. The zero-order chi connectivity index (χ0) is 19.6. The molecule has 27 heavy (non-hydrogen) atoms. The maximum absolute atomic E-state index is 13.0. The first-order chi connectivity index (χ1) is 12.8. The minimum atomic E-state index is -0.561. The first-order valence-corrected chi connectivity index (χ1v) is 9.44. The van der Waals surface area contributed by atoms with Gasteiger partial charge in [-0.25, -0.2) is 9.38 Å². The lowest BCUT2D eigenvalue weighted by Gasteiger charge is -2.11. The predicted molar refractivity (Wildman–Crippen MR) is 107 cm³/mol. The minimum Gasteiger partial charge on any atom is -0.326 e. The fraction of sp³-hybridized carbons (Fsp3) is 0.211. The lowest BCUT2D eigenvalue weighted by Crippen LogP contribution is -2.30. The summed E-state index contributed by atoms with van der Waals surface area (Å²) in [5, 5.41) is 3.23. The molecule has 0 bridgehead atoms. The molecule has 140 valence electrons. The molecule has 8 heteroatoms. The first-order valence-electron chi connectivity index (χ1n) is 8.18. The lowest BCUT2D eigenvalue weighted by molar-refractivity contribution is -0.127. The number of hydrogen-bond donors (Lipinski definition) is 1. The molecule has 0 aromatic heterocycles. The van der Waals surface area contributed by atoms with Gasteiger partial charge in [0.05, 0.1) is 5.69 Å². The monoisotopic (exact) mass is 405 g/mol. The van der Waals surface area contributed by atoms with Crippen LogP contribution in [0.1, 0.15) is 12.0 Å². The normalized spacial score (nSPS) is 18.2. The summed E-state index contributed by atoms with van der Waals surface area (Å²) < 4.78 is 13.0. The second kappa shape index (κ2) is 8.10. The van der Waals surface area contributed by atoms with Crippen LogP contribution in [0.3, 0.4) is 0 Å². The molecule has 1 aliphatic rings. The van der Waals surface area contributed by atoms with Crippen LogP contribution in [0.5, 0.6) is 0 Å². The van der Waals surface area contributed by atoms with Crippen LogP contribution in [0.2, 0.25) is 5.02 Å². The number of halogens is 2. The Morgan fingerprint density at radius 2 is 2.00 bits per heavy atom. The molecule has 1 fully saturated rings. The number of nitrogens with zero attached hydrogens (tertiary/aromatic N) is 2. The van der Waals surface area contributed by atoms with Gasteiger partial charge in [-0.3, -0.25) is 14.5 Å². The summed E-state index contributed by atoms with van der Waals surface area (Å²) in [6.07, 6.45) is 0.0161. The highest BCUT2D eigenvalue weighted by atomic mass is 35.5. The Kier molecular flexibility index (Phi) is 5.82. The highest BCUT2D eigenvalue weighted by molar-refractivity contribution is 8.15. The molecule has 1 heterocycles. The van der Waals surface area contributed by atoms with Gasteiger partial charge in [-0.15, -0.1) is 0 Å². The van der Waals surface area contributed by atoms with Crippen molar-refractivity contribution in [1.29, 1.82) is 0 Å². The Labute approximate surface area is 165 Å².